The Morgan fingerprint density at radius 3 is 2.24 bits per heavy atom. The summed E-state index contributed by atoms with van der Waals surface area (Å²) in [6, 6.07) is 17.8. The van der Waals surface area contributed by atoms with Gasteiger partial charge in [0.15, 0.2) is 0 Å². The number of benzene rings is 2. The maximum atomic E-state index is 13.5. The predicted molar refractivity (Wildman–Crippen MR) is 225 cm³/mol. The summed E-state index contributed by atoms with van der Waals surface area (Å²) in [5, 5.41) is 23.6. The summed E-state index contributed by atoms with van der Waals surface area (Å²) in [5.74, 6) is 0.134. The Bertz CT molecular complexity index is 2480. The maximum Gasteiger partial charge on any atom is 0.410 e. The van der Waals surface area contributed by atoms with Crippen molar-refractivity contribution in [2.45, 2.75) is 78.3 Å². The van der Waals surface area contributed by atoms with Crippen LogP contribution in [0.25, 0.3) is 39.2 Å². The summed E-state index contributed by atoms with van der Waals surface area (Å²) in [7, 11) is 1.46. The topological polar surface area (TPSA) is 176 Å². The molecule has 3 N–H and O–H groups in total. The number of fused-ring (bicyclic) bond motifs is 1. The van der Waals surface area contributed by atoms with Gasteiger partial charge in [-0.25, -0.2) is 19.6 Å². The number of ether oxygens (including phenoxy) is 2. The van der Waals surface area contributed by atoms with E-state index < -0.39 is 23.9 Å². The molecule has 310 valence electrons. The molecule has 3 aromatic heterocycles. The van der Waals surface area contributed by atoms with Gasteiger partial charge in [-0.3, -0.25) is 18.9 Å². The number of pyridine rings is 2. The van der Waals surface area contributed by atoms with Crippen LogP contribution < -0.4 is 15.6 Å². The number of carbonyl (C=O) groups is 3. The molecule has 1 unspecified atom stereocenters. The molecule has 2 atom stereocenters. The van der Waals surface area contributed by atoms with E-state index in [0.29, 0.717) is 78.9 Å². The molecule has 14 nitrogen and oxygen atoms in total. The van der Waals surface area contributed by atoms with E-state index in [9.17, 15) is 29.4 Å². The molecule has 1 fully saturated rings. The first-order valence-corrected chi connectivity index (χ1v) is 19.8. The van der Waals surface area contributed by atoms with E-state index in [2.05, 4.69) is 5.32 Å². The van der Waals surface area contributed by atoms with Gasteiger partial charge in [-0.2, -0.15) is 0 Å². The number of methoxy groups -OCH3 is 1. The second-order valence-corrected chi connectivity index (χ2v) is 16.3. The summed E-state index contributed by atoms with van der Waals surface area (Å²) >= 11 is 14.3. The van der Waals surface area contributed by atoms with E-state index in [4.69, 9.17) is 42.6 Å². The van der Waals surface area contributed by atoms with Crippen molar-refractivity contribution in [1.82, 2.24) is 29.5 Å². The third-order valence-electron chi connectivity index (χ3n) is 9.80. The van der Waals surface area contributed by atoms with Crippen LogP contribution in [0, 0.1) is 6.92 Å². The lowest BCUT2D eigenvalue weighted by atomic mass is 9.97. The summed E-state index contributed by atoms with van der Waals surface area (Å²) in [5.41, 5.74) is 4.18. The van der Waals surface area contributed by atoms with Crippen molar-refractivity contribution in [3.8, 4) is 39.4 Å². The molecule has 1 aliphatic heterocycles. The molecule has 2 aromatic carbocycles. The first-order valence-electron chi connectivity index (χ1n) is 19.0. The zero-order valence-electron chi connectivity index (χ0n) is 33.6. The number of carbonyl (C=O) groups excluding carboxylic acids is 2. The zero-order chi connectivity index (χ0) is 42.8. The van der Waals surface area contributed by atoms with E-state index in [1.165, 1.54) is 21.3 Å². The molecular formula is C43H46Cl2N6O8. The standard InChI is InChI=1S/C43H46Cl2N6O8/c1-24(52)20-50(42(57)59-43(3,4)5)23-34-25(2)40(54)51-18-17-26(19-35(51)47-34)29-9-7-10-30(37(29)44)31-11-8-12-32(38(31)45)33-15-13-27(39(48-33)58-6)21-49(41(55)56)22-28-14-16-36(53)46-28/h7-13,15,17-19,24,28,52H,14,16,20-23H2,1-6H3,(H,46,53)(H,55,56)/t24?,28-/m0/s1. The van der Waals surface area contributed by atoms with E-state index >= 15 is 0 Å². The molecule has 1 saturated heterocycles. The minimum Gasteiger partial charge on any atom is -0.481 e. The molecule has 1 aliphatic rings. The fourth-order valence-corrected chi connectivity index (χ4v) is 7.60. The van der Waals surface area contributed by atoms with Crippen LogP contribution >= 0.6 is 23.2 Å². The largest absolute Gasteiger partial charge is 0.481 e. The lowest BCUT2D eigenvalue weighted by Crippen LogP contribution is -2.41. The van der Waals surface area contributed by atoms with Crippen LogP contribution in [-0.2, 0) is 22.6 Å². The van der Waals surface area contributed by atoms with Crippen molar-refractivity contribution in [1.29, 1.82) is 0 Å². The molecule has 5 aromatic rings. The monoisotopic (exact) mass is 844 g/mol. The first-order chi connectivity index (χ1) is 27.9. The molecule has 16 heteroatoms. The third-order valence-corrected chi connectivity index (χ3v) is 10.6. The summed E-state index contributed by atoms with van der Waals surface area (Å²) in [4.78, 5) is 62.5. The Hall–Kier alpha value is -5.70. The van der Waals surface area contributed by atoms with Crippen LogP contribution in [0.5, 0.6) is 5.88 Å². The van der Waals surface area contributed by atoms with Crippen LogP contribution in [0.2, 0.25) is 10.0 Å². The molecule has 59 heavy (non-hydrogen) atoms. The molecule has 0 saturated carbocycles. The van der Waals surface area contributed by atoms with Crippen molar-refractivity contribution < 1.29 is 34.1 Å². The molecule has 0 radical (unpaired) electrons. The lowest BCUT2D eigenvalue weighted by Gasteiger charge is -2.28. The number of nitrogens with zero attached hydrogens (tertiary/aromatic N) is 5. The van der Waals surface area contributed by atoms with Gasteiger partial charge < -0.3 is 29.9 Å². The minimum absolute atomic E-state index is 0.00168. The first kappa shape index (κ1) is 42.9. The highest BCUT2D eigenvalue weighted by molar-refractivity contribution is 6.39. The van der Waals surface area contributed by atoms with Gasteiger partial charge in [0.05, 0.1) is 54.3 Å². The minimum atomic E-state index is -1.13. The molecule has 0 aliphatic carbocycles. The van der Waals surface area contributed by atoms with Crippen molar-refractivity contribution in [2.75, 3.05) is 20.2 Å². The van der Waals surface area contributed by atoms with E-state index in [0.717, 1.165) is 0 Å². The normalized spacial score (nSPS) is 14.5. The maximum absolute atomic E-state index is 13.5. The number of amides is 3. The highest BCUT2D eigenvalue weighted by Crippen LogP contribution is 2.42. The summed E-state index contributed by atoms with van der Waals surface area (Å²) < 4.78 is 12.6. The molecule has 0 spiro atoms. The average Bonchev–Trinajstić information content (AvgIpc) is 3.59. The number of nitrogens with one attached hydrogen (secondary N) is 1. The fraction of sp³-hybridized carbons (Fsp3) is 0.349. The smallest absolute Gasteiger partial charge is 0.410 e. The quantitative estimate of drug-likeness (QED) is 0.113. The van der Waals surface area contributed by atoms with Crippen LogP contribution in [0.3, 0.4) is 0 Å². The van der Waals surface area contributed by atoms with Crippen LogP contribution in [0.4, 0.5) is 9.59 Å². The van der Waals surface area contributed by atoms with Crippen LogP contribution in [0.15, 0.2) is 71.7 Å². The number of hydrogen-bond donors (Lipinski definition) is 3. The molecule has 0 bridgehead atoms. The Balaban J connectivity index is 1.31. The number of aromatic nitrogens is 3. The van der Waals surface area contributed by atoms with Gasteiger partial charge in [-0.15, -0.1) is 0 Å². The van der Waals surface area contributed by atoms with Crippen LogP contribution in [-0.4, -0.2) is 90.4 Å². The number of halogens is 2. The zero-order valence-corrected chi connectivity index (χ0v) is 35.1. The second kappa shape index (κ2) is 17.7. The Kier molecular flexibility index (Phi) is 12.8. The molecule has 3 amide bonds. The predicted octanol–water partition coefficient (Wildman–Crippen LogP) is 7.59. The van der Waals surface area contributed by atoms with Gasteiger partial charge in [0.25, 0.3) is 5.56 Å². The van der Waals surface area contributed by atoms with Crippen molar-refractivity contribution in [2.24, 2.45) is 0 Å². The van der Waals surface area contributed by atoms with Crippen molar-refractivity contribution in [3.05, 3.63) is 104 Å². The van der Waals surface area contributed by atoms with E-state index in [1.54, 1.807) is 65.1 Å². The summed E-state index contributed by atoms with van der Waals surface area (Å²) in [6.07, 6.45) is -0.0638. The van der Waals surface area contributed by atoms with Crippen LogP contribution in [0.1, 0.15) is 57.4 Å². The Morgan fingerprint density at radius 1 is 0.966 bits per heavy atom. The van der Waals surface area contributed by atoms with E-state index in [-0.39, 0.29) is 49.6 Å². The van der Waals surface area contributed by atoms with E-state index in [1.807, 2.05) is 36.4 Å². The highest BCUT2D eigenvalue weighted by Gasteiger charge is 2.28. The van der Waals surface area contributed by atoms with Gasteiger partial charge in [0.1, 0.15) is 11.2 Å². The van der Waals surface area contributed by atoms with Gasteiger partial charge in [0.2, 0.25) is 11.8 Å². The molecular weight excluding hydrogens is 799 g/mol. The molecule has 6 rings (SSSR count). The number of hydrogen-bond acceptors (Lipinski definition) is 9. The molecule has 4 heterocycles. The number of carboxylic acid groups (broad SMARTS) is 1. The average molecular weight is 846 g/mol. The van der Waals surface area contributed by atoms with Gasteiger partial charge in [-0.1, -0.05) is 59.6 Å². The Labute approximate surface area is 351 Å². The van der Waals surface area contributed by atoms with Gasteiger partial charge in [-0.05, 0) is 70.9 Å². The second-order valence-electron chi connectivity index (χ2n) is 15.5. The van der Waals surface area contributed by atoms with Gasteiger partial charge >= 0.3 is 12.2 Å². The van der Waals surface area contributed by atoms with Crippen molar-refractivity contribution >= 4 is 46.9 Å². The third kappa shape index (κ3) is 9.78. The lowest BCUT2D eigenvalue weighted by molar-refractivity contribution is -0.119. The fourth-order valence-electron chi connectivity index (χ4n) is 6.94. The SMILES string of the molecule is COc1nc(-c2cccc(-c3cccc(-c4ccn5c(=O)c(C)c(CN(CC(C)O)C(=O)OC(C)(C)C)nc5c4)c3Cl)c2Cl)ccc1CN(C[C@@H]1CCC(=O)N1)C(=O)O. The Morgan fingerprint density at radius 2 is 1.63 bits per heavy atom. The van der Waals surface area contributed by atoms with Crippen molar-refractivity contribution in [3.63, 3.8) is 0 Å². The highest BCUT2D eigenvalue weighted by atomic mass is 35.5. The van der Waals surface area contributed by atoms with Gasteiger partial charge in [0, 0.05) is 58.6 Å². The number of rotatable bonds is 12. The number of aliphatic hydroxyl groups excluding tert-OH is 1. The number of aliphatic hydroxyl groups is 1. The summed E-state index contributed by atoms with van der Waals surface area (Å²) in [6.45, 7) is 8.51.